The number of amides is 8. The third kappa shape index (κ3) is 22.4. The summed E-state index contributed by atoms with van der Waals surface area (Å²) in [6.07, 6.45) is 3.35. The van der Waals surface area contributed by atoms with Gasteiger partial charge in [0.05, 0.1) is 26.4 Å². The van der Waals surface area contributed by atoms with Crippen molar-refractivity contribution in [2.24, 2.45) is 0 Å². The summed E-state index contributed by atoms with van der Waals surface area (Å²) in [5, 5.41) is 24.3. The number of anilines is 4. The van der Waals surface area contributed by atoms with Gasteiger partial charge in [0.1, 0.15) is 47.2 Å². The van der Waals surface area contributed by atoms with Crippen LogP contribution in [0.25, 0.3) is 0 Å². The minimum Gasteiger partial charge on any atom is -0.493 e. The lowest BCUT2D eigenvalue weighted by atomic mass is 9.90. The van der Waals surface area contributed by atoms with Crippen molar-refractivity contribution >= 4 is 70.0 Å². The Balaban J connectivity index is 1.34. The molecule has 0 heterocycles. The van der Waals surface area contributed by atoms with E-state index in [4.69, 9.17) is 18.9 Å². The zero-order valence-electron chi connectivity index (χ0n) is 60.7. The summed E-state index contributed by atoms with van der Waals surface area (Å²) in [6, 6.07) is 48.3. The van der Waals surface area contributed by atoms with E-state index in [0.29, 0.717) is 116 Å². The molecule has 0 saturated heterocycles. The summed E-state index contributed by atoms with van der Waals surface area (Å²) < 4.78 is 27.9. The average molecular weight is 1410 g/mol. The van der Waals surface area contributed by atoms with Crippen molar-refractivity contribution in [1.82, 2.24) is 21.3 Å². The van der Waals surface area contributed by atoms with Gasteiger partial charge >= 0.3 is 0 Å². The summed E-state index contributed by atoms with van der Waals surface area (Å²) in [5.41, 5.74) is 9.48. The maximum Gasteiger partial charge on any atom is 0.247 e. The lowest BCUT2D eigenvalue weighted by molar-refractivity contribution is -0.125. The summed E-state index contributed by atoms with van der Waals surface area (Å²) in [7, 11) is 0. The number of ether oxygens (including phenoxy) is 4. The Labute approximate surface area is 609 Å². The van der Waals surface area contributed by atoms with Gasteiger partial charge in [0.2, 0.25) is 47.3 Å². The van der Waals surface area contributed by atoms with Gasteiger partial charge in [0, 0.05) is 146 Å². The molecule has 20 heteroatoms. The van der Waals surface area contributed by atoms with Crippen LogP contribution in [0.15, 0.2) is 170 Å². The highest BCUT2D eigenvalue weighted by atomic mass is 16.5. The van der Waals surface area contributed by atoms with Gasteiger partial charge in [0.15, 0.2) is 0 Å². The Morgan fingerprint density at radius 3 is 0.615 bits per heavy atom. The predicted octanol–water partition coefficient (Wildman–Crippen LogP) is 12.3. The minimum absolute atomic E-state index is 0.0583. The highest BCUT2D eigenvalue weighted by molar-refractivity contribution is 6.00. The van der Waals surface area contributed by atoms with E-state index >= 15 is 0 Å². The number of carbonyl (C=O) groups excluding carboxylic acids is 8. The molecule has 0 saturated carbocycles. The highest BCUT2D eigenvalue weighted by Gasteiger charge is 2.30. The van der Waals surface area contributed by atoms with Crippen LogP contribution in [-0.2, 0) is 89.7 Å². The second-order valence-corrected chi connectivity index (χ2v) is 26.3. The van der Waals surface area contributed by atoms with Gasteiger partial charge in [-0.05, 0) is 96.5 Å². The van der Waals surface area contributed by atoms with Crippen molar-refractivity contribution in [2.75, 3.05) is 47.7 Å². The Hall–Kier alpha value is -11.3. The Morgan fingerprint density at radius 2 is 0.462 bits per heavy atom. The number of fused-ring (bicyclic) bond motifs is 8. The first-order valence-corrected chi connectivity index (χ1v) is 35.9. The maximum absolute atomic E-state index is 15.0. The highest BCUT2D eigenvalue weighted by Crippen LogP contribution is 2.43. The molecular weight excluding hydrogens is 1310 g/mol. The zero-order chi connectivity index (χ0) is 74.1. The number of rotatable bonds is 32. The molecule has 0 fully saturated rings. The van der Waals surface area contributed by atoms with Gasteiger partial charge in [-0.25, -0.2) is 0 Å². The van der Waals surface area contributed by atoms with Crippen molar-refractivity contribution in [3.63, 3.8) is 0 Å². The normalized spacial score (nSPS) is 12.7. The molecule has 8 aromatic rings. The molecular formula is C84H96N8O12. The molecule has 1 aliphatic carbocycles. The van der Waals surface area contributed by atoms with Gasteiger partial charge < -0.3 is 61.5 Å². The van der Waals surface area contributed by atoms with Gasteiger partial charge in [-0.2, -0.15) is 0 Å². The molecule has 544 valence electrons. The fourth-order valence-corrected chi connectivity index (χ4v) is 12.9. The van der Waals surface area contributed by atoms with E-state index in [-0.39, 0.29) is 77.8 Å². The second-order valence-electron chi connectivity index (χ2n) is 26.3. The molecule has 0 spiro atoms. The number of hydrogen-bond donors (Lipinski definition) is 8. The summed E-state index contributed by atoms with van der Waals surface area (Å²) >= 11 is 0. The van der Waals surface area contributed by atoms with Crippen LogP contribution in [0.3, 0.4) is 0 Å². The van der Waals surface area contributed by atoms with E-state index in [1.807, 2.05) is 198 Å². The zero-order valence-corrected chi connectivity index (χ0v) is 60.7. The van der Waals surface area contributed by atoms with Crippen molar-refractivity contribution < 1.29 is 57.3 Å². The fraction of sp³-hybridized carbons (Fsp3) is 0.333. The first-order valence-electron chi connectivity index (χ1n) is 35.9. The van der Waals surface area contributed by atoms with E-state index in [1.165, 1.54) is 27.7 Å². The maximum atomic E-state index is 15.0. The van der Waals surface area contributed by atoms with Crippen LogP contribution >= 0.6 is 0 Å². The van der Waals surface area contributed by atoms with Crippen LogP contribution in [0.4, 0.5) is 22.7 Å². The van der Waals surface area contributed by atoms with Gasteiger partial charge in [-0.1, -0.05) is 149 Å². The third-order valence-corrected chi connectivity index (χ3v) is 17.3. The third-order valence-electron chi connectivity index (χ3n) is 17.3. The lowest BCUT2D eigenvalue weighted by Gasteiger charge is -2.26. The summed E-state index contributed by atoms with van der Waals surface area (Å²) in [6.45, 7) is 14.5. The van der Waals surface area contributed by atoms with Crippen LogP contribution in [0.1, 0.15) is 148 Å². The van der Waals surface area contributed by atoms with Crippen LogP contribution in [-0.4, -0.2) is 97.9 Å². The van der Waals surface area contributed by atoms with Crippen molar-refractivity contribution in [3.05, 3.63) is 237 Å². The van der Waals surface area contributed by atoms with Crippen LogP contribution < -0.4 is 61.5 Å². The largest absolute Gasteiger partial charge is 0.493 e. The smallest absolute Gasteiger partial charge is 0.247 e. The number of carbonyl (C=O) groups is 8. The number of nitrogens with one attached hydrogen (secondary N) is 8. The average Bonchev–Trinajstić information content (AvgIpc) is 0.796. The molecule has 104 heavy (non-hydrogen) atoms. The summed E-state index contributed by atoms with van der Waals surface area (Å²) in [5.74, 6) is -1.67. The molecule has 8 N–H and O–H groups in total. The SMILES string of the molecule is CCCOc1c2cc(NC(=O)C(Cc3ccccc3)NC(C)=O)cc1Cc1cc(NC(=O)C(Cc3ccccc3)NC(C)=O)cc(c1OCCC)Cc1cc(NC(=O)C(Cc3ccccc3)NC(C)=O)cc(c1OCCC)Cc1cc(NC(=O)C(Cc3ccccc3)NC(C)=O)cc(c1OCCC)C2. The molecule has 1 aliphatic rings. The molecule has 0 aromatic heterocycles. The predicted molar refractivity (Wildman–Crippen MR) is 406 cm³/mol. The molecule has 4 atom stereocenters. The molecule has 0 aliphatic heterocycles. The lowest BCUT2D eigenvalue weighted by Crippen LogP contribution is -2.44. The Morgan fingerprint density at radius 1 is 0.288 bits per heavy atom. The Bertz CT molecular complexity index is 3660. The van der Waals surface area contributed by atoms with Gasteiger partial charge in [-0.15, -0.1) is 0 Å². The molecule has 8 amide bonds. The molecule has 0 radical (unpaired) electrons. The van der Waals surface area contributed by atoms with E-state index in [1.54, 1.807) is 0 Å². The molecule has 8 bridgehead atoms. The molecule has 20 nitrogen and oxygen atoms in total. The van der Waals surface area contributed by atoms with E-state index in [2.05, 4.69) is 42.5 Å². The number of benzene rings is 8. The van der Waals surface area contributed by atoms with Crippen molar-refractivity contribution in [2.45, 2.75) is 157 Å². The fourth-order valence-electron chi connectivity index (χ4n) is 12.9. The summed E-state index contributed by atoms with van der Waals surface area (Å²) in [4.78, 5) is 112. The molecule has 4 unspecified atom stereocenters. The Kier molecular flexibility index (Phi) is 28.2. The van der Waals surface area contributed by atoms with E-state index < -0.39 is 71.4 Å². The molecule has 8 aromatic carbocycles. The van der Waals surface area contributed by atoms with Gasteiger partial charge in [0.25, 0.3) is 0 Å². The van der Waals surface area contributed by atoms with Crippen molar-refractivity contribution in [1.29, 1.82) is 0 Å². The topological polar surface area (TPSA) is 270 Å². The number of hydrogen-bond acceptors (Lipinski definition) is 12. The first kappa shape index (κ1) is 76.9. The van der Waals surface area contributed by atoms with Crippen LogP contribution in [0, 0.1) is 0 Å². The quantitative estimate of drug-likeness (QED) is 0.0196. The van der Waals surface area contributed by atoms with E-state index in [9.17, 15) is 38.4 Å². The van der Waals surface area contributed by atoms with Crippen LogP contribution in [0.2, 0.25) is 0 Å². The van der Waals surface area contributed by atoms with Crippen molar-refractivity contribution in [3.8, 4) is 23.0 Å². The first-order chi connectivity index (χ1) is 50.3. The standard InChI is InChI=1S/C84H96N8O12/c1-9-33-101-77-61-41-63-47-70(90-82(98)74(86-54(6)94)38-58-27-19-14-20-28-58)49-65(78(63)102-34-10-2)43-67-51-72(92-84(100)76(88-56(8)96)40-60-31-23-16-24-32-60)52-68(80(67)104-36-12-4)44-66-50-71(91-83(99)75(87-55(7)95)39-59-29-21-15-22-30-59)48-64(79(66)103-35-11-3)42-62(77)46-69(45-61)89-81(97)73(85-53(5)93)37-57-25-17-13-18-26-57/h13-32,45-52,73-76H,9-12,33-44H2,1-8H3,(H,85,93)(H,86,94)(H,87,95)(H,88,96)(H,89,97)(H,90,98)(H,91,99)(H,92,100). The van der Waals surface area contributed by atoms with Crippen LogP contribution in [0.5, 0.6) is 23.0 Å². The second kappa shape index (κ2) is 38.1. The minimum atomic E-state index is -1.01. The molecule has 9 rings (SSSR count). The monoisotopic (exact) mass is 1410 g/mol. The van der Waals surface area contributed by atoms with Gasteiger partial charge in [-0.3, -0.25) is 38.4 Å². The van der Waals surface area contributed by atoms with E-state index in [0.717, 1.165) is 22.3 Å².